The quantitative estimate of drug-likeness (QED) is 0.849. The lowest BCUT2D eigenvalue weighted by Crippen LogP contribution is -2.47. The largest absolute Gasteiger partial charge is 0.329 e. The van der Waals surface area contributed by atoms with E-state index in [1.54, 1.807) is 4.31 Å². The van der Waals surface area contributed by atoms with E-state index in [-0.39, 0.29) is 6.54 Å². The molecule has 5 heteroatoms. The zero-order valence-electron chi connectivity index (χ0n) is 11.4. The monoisotopic (exact) mass is 274 g/mol. The van der Waals surface area contributed by atoms with Crippen LogP contribution >= 0.6 is 0 Å². The third-order valence-electron chi connectivity index (χ3n) is 4.95. The lowest BCUT2D eigenvalue weighted by atomic mass is 9.78. The maximum atomic E-state index is 12.4. The van der Waals surface area contributed by atoms with Gasteiger partial charge in [0.25, 0.3) is 0 Å². The molecule has 1 heterocycles. The maximum Gasteiger partial charge on any atom is 0.218 e. The molecule has 18 heavy (non-hydrogen) atoms. The number of hydrogen-bond acceptors (Lipinski definition) is 3. The molecule has 1 atom stereocenters. The summed E-state index contributed by atoms with van der Waals surface area (Å²) >= 11 is 0. The highest BCUT2D eigenvalue weighted by molar-refractivity contribution is 7.89. The molecule has 0 aromatic rings. The van der Waals surface area contributed by atoms with Gasteiger partial charge in [-0.15, -0.1) is 0 Å². The Morgan fingerprint density at radius 1 is 1.17 bits per heavy atom. The number of hydrogen-bond donors (Lipinski definition) is 1. The van der Waals surface area contributed by atoms with E-state index in [1.165, 1.54) is 25.7 Å². The van der Waals surface area contributed by atoms with Gasteiger partial charge >= 0.3 is 0 Å². The Labute approximate surface area is 111 Å². The third-order valence-corrected chi connectivity index (χ3v) is 7.40. The first-order valence-corrected chi connectivity index (χ1v) is 8.73. The topological polar surface area (TPSA) is 63.4 Å². The maximum absolute atomic E-state index is 12.4. The highest BCUT2D eigenvalue weighted by atomic mass is 32.2. The Bertz CT molecular complexity index is 360. The van der Waals surface area contributed by atoms with Gasteiger partial charge in [-0.1, -0.05) is 19.8 Å². The van der Waals surface area contributed by atoms with Crippen LogP contribution in [0.25, 0.3) is 0 Å². The summed E-state index contributed by atoms with van der Waals surface area (Å²) in [5, 5.41) is -0.393. The lowest BCUT2D eigenvalue weighted by molar-refractivity contribution is 0.159. The summed E-state index contributed by atoms with van der Waals surface area (Å²) < 4.78 is 26.5. The molecule has 1 aliphatic heterocycles. The fourth-order valence-electron chi connectivity index (χ4n) is 3.55. The normalized spacial score (nSPS) is 26.6. The van der Waals surface area contributed by atoms with Crippen molar-refractivity contribution < 1.29 is 8.42 Å². The Balaban J connectivity index is 2.00. The van der Waals surface area contributed by atoms with Crippen LogP contribution in [0.5, 0.6) is 0 Å². The van der Waals surface area contributed by atoms with Crippen LogP contribution < -0.4 is 5.73 Å². The van der Waals surface area contributed by atoms with Gasteiger partial charge in [0, 0.05) is 19.6 Å². The molecule has 0 radical (unpaired) electrons. The van der Waals surface area contributed by atoms with Crippen molar-refractivity contribution in [3.05, 3.63) is 0 Å². The van der Waals surface area contributed by atoms with Gasteiger partial charge in [0.2, 0.25) is 10.0 Å². The van der Waals surface area contributed by atoms with Gasteiger partial charge in [-0.05, 0) is 37.5 Å². The van der Waals surface area contributed by atoms with Crippen molar-refractivity contribution in [3.8, 4) is 0 Å². The van der Waals surface area contributed by atoms with E-state index in [0.29, 0.717) is 24.9 Å². The second-order valence-electron chi connectivity index (χ2n) is 5.92. The second-order valence-corrected chi connectivity index (χ2v) is 8.13. The van der Waals surface area contributed by atoms with Gasteiger partial charge in [0.05, 0.1) is 5.25 Å². The minimum absolute atomic E-state index is 0.237. The van der Waals surface area contributed by atoms with Gasteiger partial charge in [0.15, 0.2) is 0 Å². The van der Waals surface area contributed by atoms with Crippen LogP contribution in [0.4, 0.5) is 0 Å². The van der Waals surface area contributed by atoms with Crippen molar-refractivity contribution in [1.29, 1.82) is 0 Å². The first kappa shape index (κ1) is 14.3. The SMILES string of the molecule is CCC(CN)S(=O)(=O)N1CCC2(CCCC2)CC1. The molecule has 2 fully saturated rings. The molecule has 1 saturated carbocycles. The minimum Gasteiger partial charge on any atom is -0.329 e. The van der Waals surface area contributed by atoms with E-state index in [4.69, 9.17) is 5.73 Å². The van der Waals surface area contributed by atoms with Crippen molar-refractivity contribution in [2.45, 2.75) is 57.1 Å². The van der Waals surface area contributed by atoms with Gasteiger partial charge in [-0.2, -0.15) is 0 Å². The van der Waals surface area contributed by atoms with Crippen LogP contribution in [0.1, 0.15) is 51.9 Å². The second kappa shape index (κ2) is 5.47. The summed E-state index contributed by atoms with van der Waals surface area (Å²) in [7, 11) is -3.16. The molecule has 2 aliphatic rings. The Morgan fingerprint density at radius 3 is 2.17 bits per heavy atom. The fourth-order valence-corrected chi connectivity index (χ4v) is 5.33. The van der Waals surface area contributed by atoms with E-state index >= 15 is 0 Å². The number of nitrogens with zero attached hydrogens (tertiary/aromatic N) is 1. The molecular formula is C13H26N2O2S. The molecule has 1 saturated heterocycles. The predicted octanol–water partition coefficient (Wildman–Crippen LogP) is 1.71. The molecule has 2 rings (SSSR count). The molecular weight excluding hydrogens is 248 g/mol. The van der Waals surface area contributed by atoms with Gasteiger partial charge in [-0.3, -0.25) is 0 Å². The van der Waals surface area contributed by atoms with Gasteiger partial charge in [-0.25, -0.2) is 12.7 Å². The average Bonchev–Trinajstić information content (AvgIpc) is 2.79. The van der Waals surface area contributed by atoms with Crippen LogP contribution in [0, 0.1) is 5.41 Å². The van der Waals surface area contributed by atoms with Crippen LogP contribution in [-0.2, 0) is 10.0 Å². The number of piperidine rings is 1. The van der Waals surface area contributed by atoms with Crippen LogP contribution in [0.15, 0.2) is 0 Å². The molecule has 4 nitrogen and oxygen atoms in total. The van der Waals surface area contributed by atoms with E-state index in [9.17, 15) is 8.42 Å². The van der Waals surface area contributed by atoms with E-state index < -0.39 is 15.3 Å². The minimum atomic E-state index is -3.16. The first-order chi connectivity index (χ1) is 8.54. The first-order valence-electron chi connectivity index (χ1n) is 7.23. The Hall–Kier alpha value is -0.130. The van der Waals surface area contributed by atoms with Crippen molar-refractivity contribution in [1.82, 2.24) is 4.31 Å². The molecule has 0 aromatic heterocycles. The number of sulfonamides is 1. The summed E-state index contributed by atoms with van der Waals surface area (Å²) in [6, 6.07) is 0. The Morgan fingerprint density at radius 2 is 1.72 bits per heavy atom. The zero-order valence-corrected chi connectivity index (χ0v) is 12.2. The zero-order chi connectivity index (χ0) is 13.2. The van der Waals surface area contributed by atoms with Crippen LogP contribution in [0.2, 0.25) is 0 Å². The van der Waals surface area contributed by atoms with Crippen molar-refractivity contribution >= 4 is 10.0 Å². The molecule has 0 aromatic carbocycles. The molecule has 0 bridgehead atoms. The predicted molar refractivity (Wildman–Crippen MR) is 73.8 cm³/mol. The highest BCUT2D eigenvalue weighted by Crippen LogP contribution is 2.46. The molecule has 1 aliphatic carbocycles. The number of rotatable bonds is 4. The molecule has 1 unspecified atom stereocenters. The van der Waals surface area contributed by atoms with E-state index in [1.807, 2.05) is 6.92 Å². The highest BCUT2D eigenvalue weighted by Gasteiger charge is 2.41. The Kier molecular flexibility index (Phi) is 4.34. The van der Waals surface area contributed by atoms with Gasteiger partial charge in [0.1, 0.15) is 0 Å². The summed E-state index contributed by atoms with van der Waals surface area (Å²) in [6.45, 7) is 3.55. The van der Waals surface area contributed by atoms with Gasteiger partial charge < -0.3 is 5.73 Å². The molecule has 0 amide bonds. The molecule has 2 N–H and O–H groups in total. The standard InChI is InChI=1S/C13H26N2O2S/c1-2-12(11-14)18(16,17)15-9-7-13(8-10-15)5-3-4-6-13/h12H,2-11,14H2,1H3. The van der Waals surface area contributed by atoms with Crippen LogP contribution in [-0.4, -0.2) is 37.6 Å². The van der Waals surface area contributed by atoms with Crippen molar-refractivity contribution in [3.63, 3.8) is 0 Å². The van der Waals surface area contributed by atoms with E-state index in [2.05, 4.69) is 0 Å². The third kappa shape index (κ3) is 2.58. The molecule has 1 spiro atoms. The summed E-state index contributed by atoms with van der Waals surface area (Å²) in [6.07, 6.45) is 7.96. The van der Waals surface area contributed by atoms with Crippen molar-refractivity contribution in [2.75, 3.05) is 19.6 Å². The summed E-state index contributed by atoms with van der Waals surface area (Å²) in [5.41, 5.74) is 6.05. The summed E-state index contributed by atoms with van der Waals surface area (Å²) in [4.78, 5) is 0. The molecule has 106 valence electrons. The summed E-state index contributed by atoms with van der Waals surface area (Å²) in [5.74, 6) is 0. The number of nitrogens with two attached hydrogens (primary N) is 1. The smallest absolute Gasteiger partial charge is 0.218 e. The lowest BCUT2D eigenvalue weighted by Gasteiger charge is -2.39. The fraction of sp³-hybridized carbons (Fsp3) is 1.00. The van der Waals surface area contributed by atoms with Crippen molar-refractivity contribution in [2.24, 2.45) is 11.1 Å². The van der Waals surface area contributed by atoms with Crippen LogP contribution in [0.3, 0.4) is 0 Å². The van der Waals surface area contributed by atoms with E-state index in [0.717, 1.165) is 12.8 Å². The average molecular weight is 274 g/mol.